The summed E-state index contributed by atoms with van der Waals surface area (Å²) in [5.41, 5.74) is 5.88. The van der Waals surface area contributed by atoms with Crippen LogP contribution in [0.1, 0.15) is 39.9 Å². The molecule has 1 aliphatic rings. The number of carbonyl (C=O) groups excluding carboxylic acids is 2. The number of carbonyl (C=O) groups is 2. The van der Waals surface area contributed by atoms with Crippen LogP contribution in [0.2, 0.25) is 0 Å². The molecule has 0 saturated carbocycles. The molecule has 0 spiro atoms. The summed E-state index contributed by atoms with van der Waals surface area (Å²) in [6.45, 7) is 1.30. The maximum absolute atomic E-state index is 12.4. The van der Waals surface area contributed by atoms with Crippen LogP contribution in [0.25, 0.3) is 0 Å². The van der Waals surface area contributed by atoms with Gasteiger partial charge in [0.2, 0.25) is 5.82 Å². The summed E-state index contributed by atoms with van der Waals surface area (Å²) >= 11 is 1.51. The monoisotopic (exact) mass is 305 g/mol. The van der Waals surface area contributed by atoms with Gasteiger partial charge < -0.3 is 10.6 Å². The quantitative estimate of drug-likeness (QED) is 0.912. The summed E-state index contributed by atoms with van der Waals surface area (Å²) in [4.78, 5) is 29.1. The molecule has 2 N–H and O–H groups in total. The van der Waals surface area contributed by atoms with Crippen LogP contribution >= 0.6 is 11.3 Å². The Labute approximate surface area is 125 Å². The minimum atomic E-state index is -0.643. The summed E-state index contributed by atoms with van der Waals surface area (Å²) in [6.07, 6.45) is 3.30. The Hall–Kier alpha value is -2.22. The van der Waals surface area contributed by atoms with Crippen LogP contribution < -0.4 is 5.73 Å². The second-order valence-corrected chi connectivity index (χ2v) is 5.75. The summed E-state index contributed by atoms with van der Waals surface area (Å²) in [7, 11) is 0. The molecule has 1 unspecified atom stereocenters. The van der Waals surface area contributed by atoms with Crippen molar-refractivity contribution in [2.75, 3.05) is 13.1 Å². The topological polar surface area (TPSA) is 94.1 Å². The number of piperidine rings is 1. The van der Waals surface area contributed by atoms with Crippen molar-refractivity contribution >= 4 is 23.2 Å². The standard InChI is InChI=1S/C13H15N5O2S/c14-11(19)12-15-8-18(16-12)10-2-1-4-17(6-10)13(20)9-3-5-21-7-9/h3,5,7-8,10H,1-2,4,6H2,(H2,14,19). The molecule has 1 saturated heterocycles. The lowest BCUT2D eigenvalue weighted by molar-refractivity contribution is 0.0672. The molecule has 3 rings (SSSR count). The summed E-state index contributed by atoms with van der Waals surface area (Å²) < 4.78 is 1.63. The van der Waals surface area contributed by atoms with E-state index >= 15 is 0 Å². The van der Waals surface area contributed by atoms with Crippen molar-refractivity contribution in [2.24, 2.45) is 5.73 Å². The summed E-state index contributed by atoms with van der Waals surface area (Å²) in [6, 6.07) is 1.86. The van der Waals surface area contributed by atoms with Crippen LogP contribution in [0.5, 0.6) is 0 Å². The molecule has 1 fully saturated rings. The molecular formula is C13H15N5O2S. The Balaban J connectivity index is 1.73. The van der Waals surface area contributed by atoms with Crippen LogP contribution in [0.3, 0.4) is 0 Å². The molecule has 0 aromatic carbocycles. The number of amides is 2. The molecule has 110 valence electrons. The van der Waals surface area contributed by atoms with E-state index in [0.29, 0.717) is 6.54 Å². The number of aromatic nitrogens is 3. The van der Waals surface area contributed by atoms with Crippen LogP contribution in [0.15, 0.2) is 23.2 Å². The van der Waals surface area contributed by atoms with Crippen LogP contribution in [-0.2, 0) is 0 Å². The van der Waals surface area contributed by atoms with Gasteiger partial charge in [0.15, 0.2) is 0 Å². The number of likely N-dealkylation sites (tertiary alicyclic amines) is 1. The molecule has 0 radical (unpaired) electrons. The number of nitrogens with zero attached hydrogens (tertiary/aromatic N) is 4. The van der Waals surface area contributed by atoms with Gasteiger partial charge in [-0.15, -0.1) is 5.10 Å². The molecule has 0 bridgehead atoms. The van der Waals surface area contributed by atoms with E-state index in [2.05, 4.69) is 10.1 Å². The van der Waals surface area contributed by atoms with Crippen molar-refractivity contribution in [2.45, 2.75) is 18.9 Å². The molecule has 7 nitrogen and oxygen atoms in total. The molecule has 2 aromatic rings. The van der Waals surface area contributed by atoms with Crippen molar-refractivity contribution in [3.8, 4) is 0 Å². The number of hydrogen-bond acceptors (Lipinski definition) is 5. The highest BCUT2D eigenvalue weighted by Gasteiger charge is 2.26. The van der Waals surface area contributed by atoms with Gasteiger partial charge in [0.05, 0.1) is 11.6 Å². The highest BCUT2D eigenvalue weighted by Crippen LogP contribution is 2.22. The van der Waals surface area contributed by atoms with Crippen LogP contribution in [0, 0.1) is 0 Å². The van der Waals surface area contributed by atoms with E-state index in [9.17, 15) is 9.59 Å². The van der Waals surface area contributed by atoms with Crippen LogP contribution in [0.4, 0.5) is 0 Å². The first-order valence-electron chi connectivity index (χ1n) is 6.67. The Morgan fingerprint density at radius 1 is 1.43 bits per heavy atom. The SMILES string of the molecule is NC(=O)c1ncn(C2CCCN(C(=O)c3ccsc3)C2)n1. The van der Waals surface area contributed by atoms with Gasteiger partial charge in [-0.25, -0.2) is 9.67 Å². The fourth-order valence-electron chi connectivity index (χ4n) is 2.49. The third-order valence-corrected chi connectivity index (χ3v) is 4.24. The molecule has 3 heterocycles. The zero-order chi connectivity index (χ0) is 14.8. The third-order valence-electron chi connectivity index (χ3n) is 3.55. The predicted molar refractivity (Wildman–Crippen MR) is 77.0 cm³/mol. The first kappa shape index (κ1) is 13.7. The molecular weight excluding hydrogens is 290 g/mol. The van der Waals surface area contributed by atoms with E-state index in [1.807, 2.05) is 21.7 Å². The first-order chi connectivity index (χ1) is 10.1. The smallest absolute Gasteiger partial charge is 0.288 e. The maximum atomic E-state index is 12.4. The van der Waals surface area contributed by atoms with Gasteiger partial charge in [-0.1, -0.05) is 0 Å². The predicted octanol–water partition coefficient (Wildman–Crippen LogP) is 0.916. The maximum Gasteiger partial charge on any atom is 0.288 e. The molecule has 8 heteroatoms. The molecule has 1 aliphatic heterocycles. The summed E-state index contributed by atoms with van der Waals surface area (Å²) in [5.74, 6) is -0.594. The van der Waals surface area contributed by atoms with Gasteiger partial charge in [-0.05, 0) is 24.3 Å². The van der Waals surface area contributed by atoms with Gasteiger partial charge in [0.25, 0.3) is 11.8 Å². The average molecular weight is 305 g/mol. The molecule has 1 atom stereocenters. The largest absolute Gasteiger partial charge is 0.363 e. The lowest BCUT2D eigenvalue weighted by Gasteiger charge is -2.32. The van der Waals surface area contributed by atoms with Gasteiger partial charge >= 0.3 is 0 Å². The highest BCUT2D eigenvalue weighted by atomic mass is 32.1. The molecule has 2 aromatic heterocycles. The van der Waals surface area contributed by atoms with E-state index in [0.717, 1.165) is 24.9 Å². The molecule has 21 heavy (non-hydrogen) atoms. The van der Waals surface area contributed by atoms with Gasteiger partial charge in [0.1, 0.15) is 6.33 Å². The third kappa shape index (κ3) is 2.80. The lowest BCUT2D eigenvalue weighted by atomic mass is 10.1. The van der Waals surface area contributed by atoms with Crippen molar-refractivity contribution in [1.29, 1.82) is 0 Å². The Bertz CT molecular complexity index is 651. The number of thiophene rings is 1. The van der Waals surface area contributed by atoms with Gasteiger partial charge in [-0.3, -0.25) is 9.59 Å². The van der Waals surface area contributed by atoms with Crippen molar-refractivity contribution in [3.05, 3.63) is 34.5 Å². The number of rotatable bonds is 3. The second kappa shape index (κ2) is 5.65. The second-order valence-electron chi connectivity index (χ2n) is 4.97. The zero-order valence-corrected chi connectivity index (χ0v) is 12.1. The normalized spacial score (nSPS) is 18.7. The van der Waals surface area contributed by atoms with Crippen LogP contribution in [-0.4, -0.2) is 44.6 Å². The van der Waals surface area contributed by atoms with E-state index in [-0.39, 0.29) is 17.8 Å². The molecule has 0 aliphatic carbocycles. The fourth-order valence-corrected chi connectivity index (χ4v) is 3.12. The number of hydrogen-bond donors (Lipinski definition) is 1. The minimum Gasteiger partial charge on any atom is -0.363 e. The Morgan fingerprint density at radius 2 is 2.29 bits per heavy atom. The van der Waals surface area contributed by atoms with E-state index in [4.69, 9.17) is 5.73 Å². The highest BCUT2D eigenvalue weighted by molar-refractivity contribution is 7.08. The van der Waals surface area contributed by atoms with E-state index < -0.39 is 5.91 Å². The Kier molecular flexibility index (Phi) is 3.70. The van der Waals surface area contributed by atoms with Crippen molar-refractivity contribution < 1.29 is 9.59 Å². The lowest BCUT2D eigenvalue weighted by Crippen LogP contribution is -2.40. The fraction of sp³-hybridized carbons (Fsp3) is 0.385. The van der Waals surface area contributed by atoms with Crippen molar-refractivity contribution in [3.63, 3.8) is 0 Å². The first-order valence-corrected chi connectivity index (χ1v) is 7.62. The van der Waals surface area contributed by atoms with Gasteiger partial charge in [0, 0.05) is 18.5 Å². The zero-order valence-electron chi connectivity index (χ0n) is 11.3. The minimum absolute atomic E-state index is 0.0104. The molecule has 2 amide bonds. The number of primary amides is 1. The summed E-state index contributed by atoms with van der Waals surface area (Å²) in [5, 5.41) is 7.83. The Morgan fingerprint density at radius 3 is 2.95 bits per heavy atom. The van der Waals surface area contributed by atoms with E-state index in [1.165, 1.54) is 17.7 Å². The number of nitrogens with two attached hydrogens (primary N) is 1. The van der Waals surface area contributed by atoms with E-state index in [1.54, 1.807) is 4.68 Å². The average Bonchev–Trinajstić information content (AvgIpc) is 3.18. The van der Waals surface area contributed by atoms with Gasteiger partial charge in [-0.2, -0.15) is 11.3 Å². The van der Waals surface area contributed by atoms with Crippen molar-refractivity contribution in [1.82, 2.24) is 19.7 Å².